The maximum Gasteiger partial charge on any atom is 0.258 e. The van der Waals surface area contributed by atoms with Crippen LogP contribution < -0.4 is 0 Å². The Kier molecular flexibility index (Phi) is 4.80. The summed E-state index contributed by atoms with van der Waals surface area (Å²) in [5, 5.41) is 19.1. The van der Waals surface area contributed by atoms with Crippen LogP contribution in [-0.2, 0) is 0 Å². The number of rotatable bonds is 3. The fourth-order valence-corrected chi connectivity index (χ4v) is 2.71. The highest BCUT2D eigenvalue weighted by molar-refractivity contribution is 5.97. The first-order valence-corrected chi connectivity index (χ1v) is 7.08. The number of piperazine rings is 1. The average Bonchev–Trinajstić information content (AvgIpc) is 2.40. The van der Waals surface area contributed by atoms with E-state index in [1.165, 1.54) is 6.07 Å². The van der Waals surface area contributed by atoms with Crippen molar-refractivity contribution in [2.75, 3.05) is 26.2 Å². The number of aromatic hydroxyl groups is 1. The second-order valence-electron chi connectivity index (χ2n) is 5.62. The van der Waals surface area contributed by atoms with Gasteiger partial charge in [0, 0.05) is 32.2 Å². The topological polar surface area (TPSA) is 64.0 Å². The molecule has 1 aliphatic rings. The lowest BCUT2D eigenvalue weighted by Crippen LogP contribution is -2.55. The van der Waals surface area contributed by atoms with Gasteiger partial charge in [0.2, 0.25) is 0 Å². The van der Waals surface area contributed by atoms with Crippen LogP contribution in [0, 0.1) is 5.82 Å². The lowest BCUT2D eigenvalue weighted by atomic mass is 10.1. The van der Waals surface area contributed by atoms with Crippen molar-refractivity contribution in [2.24, 2.45) is 0 Å². The lowest BCUT2D eigenvalue weighted by molar-refractivity contribution is 0.0380. The predicted octanol–water partition coefficient (Wildman–Crippen LogP) is 1.06. The van der Waals surface area contributed by atoms with Gasteiger partial charge >= 0.3 is 0 Å². The maximum absolute atomic E-state index is 13.3. The number of nitrogens with zero attached hydrogens (tertiary/aromatic N) is 2. The van der Waals surface area contributed by atoms with Crippen LogP contribution in [0.2, 0.25) is 0 Å². The summed E-state index contributed by atoms with van der Waals surface area (Å²) in [5.41, 5.74) is -0.00849. The number of hydrogen-bond donors (Lipinski definition) is 2. The number of aliphatic hydroxyl groups is 1. The lowest BCUT2D eigenvalue weighted by Gasteiger charge is -2.40. The van der Waals surface area contributed by atoms with Crippen LogP contribution in [0.4, 0.5) is 4.39 Å². The highest BCUT2D eigenvalue weighted by atomic mass is 19.1. The SMILES string of the molecule is C[C@@H]1CN(C[C@@H](C)O)CCN1C(=O)c1cc(F)ccc1O. The molecule has 1 aliphatic heterocycles. The Morgan fingerprint density at radius 2 is 2.19 bits per heavy atom. The Balaban J connectivity index is 2.09. The van der Waals surface area contributed by atoms with E-state index in [4.69, 9.17) is 0 Å². The molecule has 1 aromatic carbocycles. The largest absolute Gasteiger partial charge is 0.507 e. The third-order valence-electron chi connectivity index (χ3n) is 3.68. The second-order valence-corrected chi connectivity index (χ2v) is 5.62. The van der Waals surface area contributed by atoms with Gasteiger partial charge in [-0.25, -0.2) is 4.39 Å². The fraction of sp³-hybridized carbons (Fsp3) is 0.533. The summed E-state index contributed by atoms with van der Waals surface area (Å²) in [5.74, 6) is -1.12. The molecule has 1 aromatic rings. The molecule has 0 saturated carbocycles. The van der Waals surface area contributed by atoms with E-state index >= 15 is 0 Å². The molecule has 0 unspecified atom stereocenters. The summed E-state index contributed by atoms with van der Waals surface area (Å²) >= 11 is 0. The van der Waals surface area contributed by atoms with Gasteiger partial charge in [0.15, 0.2) is 0 Å². The minimum absolute atomic E-state index is 0.00849. The smallest absolute Gasteiger partial charge is 0.258 e. The normalized spacial score (nSPS) is 21.3. The molecule has 1 heterocycles. The highest BCUT2D eigenvalue weighted by Gasteiger charge is 2.29. The third kappa shape index (κ3) is 3.71. The van der Waals surface area contributed by atoms with Gasteiger partial charge in [0.25, 0.3) is 5.91 Å². The molecule has 2 N–H and O–H groups in total. The number of phenols is 1. The molecule has 1 saturated heterocycles. The van der Waals surface area contributed by atoms with Gasteiger partial charge < -0.3 is 15.1 Å². The van der Waals surface area contributed by atoms with Crippen molar-refractivity contribution in [2.45, 2.75) is 26.0 Å². The van der Waals surface area contributed by atoms with Gasteiger partial charge in [-0.2, -0.15) is 0 Å². The second kappa shape index (κ2) is 6.41. The van der Waals surface area contributed by atoms with Gasteiger partial charge in [-0.15, -0.1) is 0 Å². The molecule has 2 atom stereocenters. The molecular weight excluding hydrogens is 275 g/mol. The van der Waals surface area contributed by atoms with E-state index in [9.17, 15) is 19.4 Å². The number of amides is 1. The molecule has 0 radical (unpaired) electrons. The summed E-state index contributed by atoms with van der Waals surface area (Å²) in [6.07, 6.45) is -0.410. The average molecular weight is 296 g/mol. The summed E-state index contributed by atoms with van der Waals surface area (Å²) in [6, 6.07) is 3.31. The number of phenolic OH excluding ortho intramolecular Hbond substituents is 1. The summed E-state index contributed by atoms with van der Waals surface area (Å²) in [4.78, 5) is 16.2. The van der Waals surface area contributed by atoms with Crippen LogP contribution in [-0.4, -0.2) is 64.2 Å². The van der Waals surface area contributed by atoms with Crippen molar-refractivity contribution in [3.8, 4) is 5.75 Å². The number of hydrogen-bond acceptors (Lipinski definition) is 4. The van der Waals surface area contributed by atoms with Crippen molar-refractivity contribution in [3.63, 3.8) is 0 Å². The Morgan fingerprint density at radius 3 is 2.81 bits per heavy atom. The molecule has 21 heavy (non-hydrogen) atoms. The first-order chi connectivity index (χ1) is 9.88. The van der Waals surface area contributed by atoms with Crippen LogP contribution in [0.1, 0.15) is 24.2 Å². The van der Waals surface area contributed by atoms with Gasteiger partial charge in [0.1, 0.15) is 11.6 Å². The number of aliphatic hydroxyl groups excluding tert-OH is 1. The maximum atomic E-state index is 13.3. The highest BCUT2D eigenvalue weighted by Crippen LogP contribution is 2.22. The molecule has 2 rings (SSSR count). The number of β-amino-alcohol motifs (C(OH)–C–C–N with tert-alkyl or cyclic N) is 1. The van der Waals surface area contributed by atoms with E-state index in [-0.39, 0.29) is 23.3 Å². The van der Waals surface area contributed by atoms with E-state index in [1.54, 1.807) is 11.8 Å². The Bertz CT molecular complexity index is 522. The minimum atomic E-state index is -0.545. The first kappa shape index (κ1) is 15.7. The van der Waals surface area contributed by atoms with Crippen LogP contribution in [0.5, 0.6) is 5.75 Å². The van der Waals surface area contributed by atoms with Crippen molar-refractivity contribution in [1.82, 2.24) is 9.80 Å². The standard InChI is InChI=1S/C15H21FN2O3/c1-10-8-17(9-11(2)19)5-6-18(10)15(21)13-7-12(16)3-4-14(13)20/h3-4,7,10-11,19-20H,5-6,8-9H2,1-2H3/t10-,11-/m1/s1. The Morgan fingerprint density at radius 1 is 1.48 bits per heavy atom. The number of carbonyl (C=O) groups is 1. The first-order valence-electron chi connectivity index (χ1n) is 7.08. The molecular formula is C15H21FN2O3. The van der Waals surface area contributed by atoms with Gasteiger partial charge in [0.05, 0.1) is 11.7 Å². The minimum Gasteiger partial charge on any atom is -0.507 e. The monoisotopic (exact) mass is 296 g/mol. The van der Waals surface area contributed by atoms with Gasteiger partial charge in [-0.3, -0.25) is 9.69 Å². The number of benzene rings is 1. The molecule has 6 heteroatoms. The van der Waals surface area contributed by atoms with E-state index in [0.717, 1.165) is 12.1 Å². The quantitative estimate of drug-likeness (QED) is 0.875. The van der Waals surface area contributed by atoms with Crippen LogP contribution in [0.25, 0.3) is 0 Å². The van der Waals surface area contributed by atoms with E-state index in [0.29, 0.717) is 26.2 Å². The van der Waals surface area contributed by atoms with Crippen LogP contribution >= 0.6 is 0 Å². The molecule has 1 amide bonds. The zero-order valence-corrected chi connectivity index (χ0v) is 12.3. The third-order valence-corrected chi connectivity index (χ3v) is 3.68. The summed E-state index contributed by atoms with van der Waals surface area (Å²) in [6.45, 7) is 5.99. The zero-order chi connectivity index (χ0) is 15.6. The Labute approximate surface area is 123 Å². The molecule has 1 fully saturated rings. The fourth-order valence-electron chi connectivity index (χ4n) is 2.71. The molecule has 0 aromatic heterocycles. The predicted molar refractivity (Wildman–Crippen MR) is 76.7 cm³/mol. The number of carbonyl (C=O) groups excluding carboxylic acids is 1. The molecule has 0 aliphatic carbocycles. The summed E-state index contributed by atoms with van der Waals surface area (Å²) < 4.78 is 13.3. The van der Waals surface area contributed by atoms with Crippen molar-refractivity contribution in [1.29, 1.82) is 0 Å². The zero-order valence-electron chi connectivity index (χ0n) is 12.3. The van der Waals surface area contributed by atoms with Gasteiger partial charge in [-0.1, -0.05) is 0 Å². The van der Waals surface area contributed by atoms with Gasteiger partial charge in [-0.05, 0) is 32.0 Å². The molecule has 0 bridgehead atoms. The summed E-state index contributed by atoms with van der Waals surface area (Å²) in [7, 11) is 0. The van der Waals surface area contributed by atoms with E-state index < -0.39 is 11.9 Å². The van der Waals surface area contributed by atoms with Crippen molar-refractivity contribution in [3.05, 3.63) is 29.6 Å². The van der Waals surface area contributed by atoms with Crippen molar-refractivity contribution < 1.29 is 19.4 Å². The molecule has 0 spiro atoms. The van der Waals surface area contributed by atoms with Crippen LogP contribution in [0.3, 0.4) is 0 Å². The number of halogens is 1. The van der Waals surface area contributed by atoms with E-state index in [1.807, 2.05) is 6.92 Å². The van der Waals surface area contributed by atoms with E-state index in [2.05, 4.69) is 4.90 Å². The molecule has 116 valence electrons. The van der Waals surface area contributed by atoms with Crippen molar-refractivity contribution >= 4 is 5.91 Å². The Hall–Kier alpha value is -1.66. The molecule has 5 nitrogen and oxygen atoms in total. The van der Waals surface area contributed by atoms with Crippen LogP contribution in [0.15, 0.2) is 18.2 Å².